The number of rotatable bonds is 4. The van der Waals surface area contributed by atoms with Gasteiger partial charge in [-0.15, -0.1) is 0 Å². The van der Waals surface area contributed by atoms with Crippen molar-refractivity contribution in [1.82, 2.24) is 0 Å². The van der Waals surface area contributed by atoms with Crippen LogP contribution < -0.4 is 10.1 Å². The second-order valence-electron chi connectivity index (χ2n) is 5.28. The molecule has 3 aromatic rings. The molecule has 1 N–H and O–H groups in total. The maximum Gasteiger partial charge on any atom is 0.259 e. The van der Waals surface area contributed by atoms with Crippen molar-refractivity contribution in [2.24, 2.45) is 0 Å². The summed E-state index contributed by atoms with van der Waals surface area (Å²) in [6.45, 7) is 0. The van der Waals surface area contributed by atoms with Gasteiger partial charge in [0, 0.05) is 11.1 Å². The van der Waals surface area contributed by atoms with E-state index < -0.39 is 23.4 Å². The standard InChI is InChI=1S/C19H11ClF3NO2/c20-11-2-1-3-14(8-11)26-18-7-5-12(21)9-15(18)19(25)24-17-6-4-13(22)10-16(17)23/h1-10H,(H,24,25). The Morgan fingerprint density at radius 1 is 0.923 bits per heavy atom. The summed E-state index contributed by atoms with van der Waals surface area (Å²) in [6, 6.07) is 12.5. The molecule has 3 rings (SSSR count). The summed E-state index contributed by atoms with van der Waals surface area (Å²) < 4.78 is 45.9. The van der Waals surface area contributed by atoms with Crippen molar-refractivity contribution in [3.05, 3.63) is 88.7 Å². The van der Waals surface area contributed by atoms with Crippen molar-refractivity contribution in [2.75, 3.05) is 5.32 Å². The van der Waals surface area contributed by atoms with Crippen molar-refractivity contribution in [1.29, 1.82) is 0 Å². The van der Waals surface area contributed by atoms with Gasteiger partial charge in [-0.2, -0.15) is 0 Å². The summed E-state index contributed by atoms with van der Waals surface area (Å²) in [5, 5.41) is 2.69. The molecule has 0 saturated heterocycles. The van der Waals surface area contributed by atoms with Crippen LogP contribution in [-0.2, 0) is 0 Å². The van der Waals surface area contributed by atoms with Crippen molar-refractivity contribution in [3.8, 4) is 11.5 Å². The summed E-state index contributed by atoms with van der Waals surface area (Å²) in [4.78, 5) is 12.4. The first kappa shape index (κ1) is 17.8. The SMILES string of the molecule is O=C(Nc1ccc(F)cc1F)c1cc(F)ccc1Oc1cccc(Cl)c1. The number of anilines is 1. The predicted molar refractivity (Wildman–Crippen MR) is 92.2 cm³/mol. The van der Waals surface area contributed by atoms with E-state index in [0.29, 0.717) is 16.8 Å². The van der Waals surface area contributed by atoms with Gasteiger partial charge < -0.3 is 10.1 Å². The summed E-state index contributed by atoms with van der Waals surface area (Å²) in [6.07, 6.45) is 0. The van der Waals surface area contributed by atoms with Crippen molar-refractivity contribution in [3.63, 3.8) is 0 Å². The third-order valence-electron chi connectivity index (χ3n) is 3.39. The second-order valence-corrected chi connectivity index (χ2v) is 5.71. The third kappa shape index (κ3) is 4.15. The lowest BCUT2D eigenvalue weighted by Gasteiger charge is -2.12. The predicted octanol–water partition coefficient (Wildman–Crippen LogP) is 5.80. The van der Waals surface area contributed by atoms with Crippen LogP contribution in [0.15, 0.2) is 60.7 Å². The zero-order valence-electron chi connectivity index (χ0n) is 13.1. The molecule has 0 aromatic heterocycles. The molecule has 0 fully saturated rings. The van der Waals surface area contributed by atoms with Crippen LogP contribution in [0.4, 0.5) is 18.9 Å². The molecule has 0 radical (unpaired) electrons. The first-order valence-corrected chi connectivity index (χ1v) is 7.79. The summed E-state index contributed by atoms with van der Waals surface area (Å²) in [5.41, 5.74) is -0.400. The zero-order valence-corrected chi connectivity index (χ0v) is 13.9. The number of benzene rings is 3. The Balaban J connectivity index is 1.90. The van der Waals surface area contributed by atoms with Crippen molar-refractivity contribution < 1.29 is 22.7 Å². The quantitative estimate of drug-likeness (QED) is 0.623. The average Bonchev–Trinajstić information content (AvgIpc) is 2.59. The number of carbonyl (C=O) groups excluding carboxylic acids is 1. The van der Waals surface area contributed by atoms with Gasteiger partial charge in [-0.25, -0.2) is 13.2 Å². The highest BCUT2D eigenvalue weighted by molar-refractivity contribution is 6.30. The van der Waals surface area contributed by atoms with Gasteiger partial charge in [0.1, 0.15) is 29.0 Å². The van der Waals surface area contributed by atoms with Crippen LogP contribution in [0.25, 0.3) is 0 Å². The summed E-state index contributed by atoms with van der Waals surface area (Å²) in [7, 11) is 0. The zero-order chi connectivity index (χ0) is 18.7. The van der Waals surface area contributed by atoms with Crippen LogP contribution in [0.5, 0.6) is 11.5 Å². The lowest BCUT2D eigenvalue weighted by Crippen LogP contribution is -2.14. The fourth-order valence-electron chi connectivity index (χ4n) is 2.21. The van der Waals surface area contributed by atoms with Crippen LogP contribution in [0.1, 0.15) is 10.4 Å². The van der Waals surface area contributed by atoms with Gasteiger partial charge >= 0.3 is 0 Å². The minimum Gasteiger partial charge on any atom is -0.456 e. The third-order valence-corrected chi connectivity index (χ3v) is 3.62. The van der Waals surface area contributed by atoms with Gasteiger partial charge in [0.15, 0.2) is 0 Å². The van der Waals surface area contributed by atoms with Gasteiger partial charge in [-0.3, -0.25) is 4.79 Å². The van der Waals surface area contributed by atoms with Gasteiger partial charge in [-0.05, 0) is 48.5 Å². The molecule has 0 bridgehead atoms. The number of carbonyl (C=O) groups is 1. The summed E-state index contributed by atoms with van der Waals surface area (Å²) >= 11 is 5.88. The van der Waals surface area contributed by atoms with Crippen LogP contribution in [0.2, 0.25) is 5.02 Å². The molecule has 0 unspecified atom stereocenters. The lowest BCUT2D eigenvalue weighted by molar-refractivity contribution is 0.102. The van der Waals surface area contributed by atoms with E-state index in [9.17, 15) is 18.0 Å². The molecule has 0 heterocycles. The minimum absolute atomic E-state index is 0.0497. The normalized spacial score (nSPS) is 10.5. The number of amides is 1. The van der Waals surface area contributed by atoms with Crippen LogP contribution >= 0.6 is 11.6 Å². The van der Waals surface area contributed by atoms with E-state index in [0.717, 1.165) is 24.3 Å². The molecule has 3 aromatic carbocycles. The first-order chi connectivity index (χ1) is 12.4. The Morgan fingerprint density at radius 3 is 2.38 bits per heavy atom. The molecule has 0 saturated carbocycles. The van der Waals surface area contributed by atoms with E-state index in [1.165, 1.54) is 12.1 Å². The molecular weight excluding hydrogens is 367 g/mol. The lowest BCUT2D eigenvalue weighted by atomic mass is 10.1. The molecule has 0 aliphatic rings. The largest absolute Gasteiger partial charge is 0.456 e. The molecular formula is C19H11ClF3NO2. The fraction of sp³-hybridized carbons (Fsp3) is 0. The molecule has 1 amide bonds. The first-order valence-electron chi connectivity index (χ1n) is 7.42. The van der Waals surface area contributed by atoms with E-state index in [-0.39, 0.29) is 17.0 Å². The molecule has 7 heteroatoms. The Morgan fingerprint density at radius 2 is 1.65 bits per heavy atom. The highest BCUT2D eigenvalue weighted by atomic mass is 35.5. The van der Waals surface area contributed by atoms with Gasteiger partial charge in [0.2, 0.25) is 0 Å². The highest BCUT2D eigenvalue weighted by Crippen LogP contribution is 2.29. The van der Waals surface area contributed by atoms with Crippen molar-refractivity contribution in [2.45, 2.75) is 0 Å². The fourth-order valence-corrected chi connectivity index (χ4v) is 2.39. The van der Waals surface area contributed by atoms with Crippen LogP contribution in [0, 0.1) is 17.5 Å². The molecule has 26 heavy (non-hydrogen) atoms. The van der Waals surface area contributed by atoms with E-state index in [1.807, 2.05) is 0 Å². The summed E-state index contributed by atoms with van der Waals surface area (Å²) in [5.74, 6) is -2.83. The Hall–Kier alpha value is -2.99. The van der Waals surface area contributed by atoms with E-state index in [2.05, 4.69) is 5.32 Å². The number of hydrogen-bond donors (Lipinski definition) is 1. The Bertz CT molecular complexity index is 979. The van der Waals surface area contributed by atoms with E-state index >= 15 is 0 Å². The van der Waals surface area contributed by atoms with Gasteiger partial charge in [0.25, 0.3) is 5.91 Å². The van der Waals surface area contributed by atoms with E-state index in [1.54, 1.807) is 18.2 Å². The minimum atomic E-state index is -0.952. The topological polar surface area (TPSA) is 38.3 Å². The van der Waals surface area contributed by atoms with Gasteiger partial charge in [-0.1, -0.05) is 17.7 Å². The van der Waals surface area contributed by atoms with Crippen LogP contribution in [0.3, 0.4) is 0 Å². The molecule has 3 nitrogen and oxygen atoms in total. The number of nitrogens with one attached hydrogen (secondary N) is 1. The second kappa shape index (κ2) is 7.49. The Labute approximate surface area is 152 Å². The number of hydrogen-bond acceptors (Lipinski definition) is 2. The molecule has 132 valence electrons. The molecule has 0 spiro atoms. The maximum absolute atomic E-state index is 13.7. The molecule has 0 aliphatic carbocycles. The monoisotopic (exact) mass is 377 g/mol. The van der Waals surface area contributed by atoms with Gasteiger partial charge in [0.05, 0.1) is 11.3 Å². The number of ether oxygens (including phenoxy) is 1. The molecule has 0 aliphatic heterocycles. The smallest absolute Gasteiger partial charge is 0.259 e. The van der Waals surface area contributed by atoms with E-state index in [4.69, 9.17) is 16.3 Å². The van der Waals surface area contributed by atoms with Crippen molar-refractivity contribution >= 4 is 23.2 Å². The van der Waals surface area contributed by atoms with Crippen LogP contribution in [-0.4, -0.2) is 5.91 Å². The number of halogens is 4. The average molecular weight is 378 g/mol. The highest BCUT2D eigenvalue weighted by Gasteiger charge is 2.17. The Kier molecular flexibility index (Phi) is 5.14. The maximum atomic E-state index is 13.7. The molecule has 0 atom stereocenters.